The Bertz CT molecular complexity index is 819. The van der Waals surface area contributed by atoms with Gasteiger partial charge in [-0.2, -0.15) is 0 Å². The molecule has 0 saturated carbocycles. The predicted octanol–water partition coefficient (Wildman–Crippen LogP) is 1.59. The first-order chi connectivity index (χ1) is 9.82. The Balaban J connectivity index is 2.63. The van der Waals surface area contributed by atoms with Gasteiger partial charge in [0.05, 0.1) is 12.1 Å². The fraction of sp³-hybridized carbons (Fsp3) is 0.214. The molecule has 0 aliphatic carbocycles. The number of Topliss-reactive ketones (excluding diaryl/α,β-unsaturated/α-hetero) is 1. The highest BCUT2D eigenvalue weighted by Crippen LogP contribution is 2.19. The summed E-state index contributed by atoms with van der Waals surface area (Å²) in [5, 5.41) is 0.167. The van der Waals surface area contributed by atoms with Crippen molar-refractivity contribution in [1.82, 2.24) is 9.13 Å². The zero-order valence-corrected chi connectivity index (χ0v) is 12.1. The second-order valence-electron chi connectivity index (χ2n) is 4.57. The number of benzene rings is 1. The third-order valence-corrected chi connectivity index (χ3v) is 3.48. The second kappa shape index (κ2) is 5.65. The average molecular weight is 311 g/mol. The molecule has 1 aromatic carbocycles. The molecule has 0 fully saturated rings. The van der Waals surface area contributed by atoms with E-state index in [2.05, 4.69) is 0 Å². The summed E-state index contributed by atoms with van der Waals surface area (Å²) in [5.41, 5.74) is -1.34. The molecule has 0 bridgehead atoms. The SMILES string of the molecule is CC(=O)c1cn(Cc2c(F)cccc2Cl)c(=O)n(C)c1=O. The van der Waals surface area contributed by atoms with E-state index in [4.69, 9.17) is 11.6 Å². The van der Waals surface area contributed by atoms with Gasteiger partial charge in [-0.05, 0) is 19.1 Å². The van der Waals surface area contributed by atoms with Gasteiger partial charge in [-0.1, -0.05) is 17.7 Å². The van der Waals surface area contributed by atoms with E-state index in [1.54, 1.807) is 0 Å². The number of carbonyl (C=O) groups excluding carboxylic acids is 1. The molecule has 2 rings (SSSR count). The molecule has 0 amide bonds. The summed E-state index contributed by atoms with van der Waals surface area (Å²) < 4.78 is 15.7. The molecular weight excluding hydrogens is 299 g/mol. The zero-order valence-electron chi connectivity index (χ0n) is 11.4. The molecule has 1 heterocycles. The van der Waals surface area contributed by atoms with Crippen LogP contribution in [0, 0.1) is 5.82 Å². The zero-order chi connectivity index (χ0) is 15.7. The Morgan fingerprint density at radius 3 is 2.57 bits per heavy atom. The number of aromatic nitrogens is 2. The minimum absolute atomic E-state index is 0.120. The van der Waals surface area contributed by atoms with Crippen molar-refractivity contribution in [2.45, 2.75) is 13.5 Å². The van der Waals surface area contributed by atoms with Crippen molar-refractivity contribution in [2.75, 3.05) is 0 Å². The number of hydrogen-bond donors (Lipinski definition) is 0. The van der Waals surface area contributed by atoms with Crippen LogP contribution in [0.3, 0.4) is 0 Å². The molecule has 2 aromatic rings. The molecule has 0 saturated heterocycles. The van der Waals surface area contributed by atoms with Crippen molar-refractivity contribution in [2.24, 2.45) is 7.05 Å². The van der Waals surface area contributed by atoms with Crippen LogP contribution in [-0.4, -0.2) is 14.9 Å². The minimum Gasteiger partial charge on any atom is -0.295 e. The van der Waals surface area contributed by atoms with Crippen molar-refractivity contribution in [1.29, 1.82) is 0 Å². The van der Waals surface area contributed by atoms with E-state index >= 15 is 0 Å². The van der Waals surface area contributed by atoms with Crippen LogP contribution in [0.25, 0.3) is 0 Å². The highest BCUT2D eigenvalue weighted by Gasteiger charge is 2.14. The Morgan fingerprint density at radius 2 is 2.00 bits per heavy atom. The predicted molar refractivity (Wildman–Crippen MR) is 76.5 cm³/mol. The minimum atomic E-state index is -0.677. The van der Waals surface area contributed by atoms with E-state index in [1.165, 1.54) is 32.2 Å². The van der Waals surface area contributed by atoms with Crippen molar-refractivity contribution in [3.05, 3.63) is 67.2 Å². The second-order valence-corrected chi connectivity index (χ2v) is 4.98. The first-order valence-electron chi connectivity index (χ1n) is 6.07. The molecule has 7 heteroatoms. The number of carbonyl (C=O) groups is 1. The fourth-order valence-corrected chi connectivity index (χ4v) is 2.16. The first-order valence-corrected chi connectivity index (χ1v) is 6.45. The van der Waals surface area contributed by atoms with E-state index in [-0.39, 0.29) is 22.7 Å². The topological polar surface area (TPSA) is 61.1 Å². The molecule has 0 radical (unpaired) electrons. The van der Waals surface area contributed by atoms with Gasteiger partial charge in [-0.25, -0.2) is 9.18 Å². The van der Waals surface area contributed by atoms with Crippen LogP contribution in [0.2, 0.25) is 5.02 Å². The maximum atomic E-state index is 13.8. The van der Waals surface area contributed by atoms with Crippen LogP contribution in [0.15, 0.2) is 34.0 Å². The van der Waals surface area contributed by atoms with E-state index in [0.29, 0.717) is 0 Å². The van der Waals surface area contributed by atoms with Gasteiger partial charge < -0.3 is 0 Å². The summed E-state index contributed by atoms with van der Waals surface area (Å²) in [7, 11) is 1.26. The molecule has 0 N–H and O–H groups in total. The van der Waals surface area contributed by atoms with Crippen LogP contribution < -0.4 is 11.2 Å². The van der Waals surface area contributed by atoms with Gasteiger partial charge in [-0.15, -0.1) is 0 Å². The highest BCUT2D eigenvalue weighted by atomic mass is 35.5. The fourth-order valence-electron chi connectivity index (χ4n) is 1.93. The molecule has 0 atom stereocenters. The summed E-state index contributed by atoms with van der Waals surface area (Å²) in [6.45, 7) is 1.06. The van der Waals surface area contributed by atoms with Crippen molar-refractivity contribution in [3.63, 3.8) is 0 Å². The van der Waals surface area contributed by atoms with E-state index < -0.39 is 22.8 Å². The Kier molecular flexibility index (Phi) is 4.09. The molecule has 1 aromatic heterocycles. The first kappa shape index (κ1) is 15.2. The van der Waals surface area contributed by atoms with E-state index in [9.17, 15) is 18.8 Å². The third-order valence-electron chi connectivity index (χ3n) is 3.12. The lowest BCUT2D eigenvalue weighted by Crippen LogP contribution is -2.40. The lowest BCUT2D eigenvalue weighted by molar-refractivity contribution is 0.101. The van der Waals surface area contributed by atoms with Gasteiger partial charge in [0.15, 0.2) is 5.78 Å². The standard InChI is InChI=1S/C14H12ClFN2O3/c1-8(19)9-6-18(14(21)17(2)13(9)20)7-10-11(15)4-3-5-12(10)16/h3-6H,7H2,1-2H3. The Hall–Kier alpha value is -2.21. The van der Waals surface area contributed by atoms with Crippen LogP contribution in [0.5, 0.6) is 0 Å². The lowest BCUT2D eigenvalue weighted by atomic mass is 10.2. The van der Waals surface area contributed by atoms with Gasteiger partial charge in [0.1, 0.15) is 5.82 Å². The number of rotatable bonds is 3. The van der Waals surface area contributed by atoms with Gasteiger partial charge in [-0.3, -0.25) is 18.7 Å². The summed E-state index contributed by atoms with van der Waals surface area (Å²) in [4.78, 5) is 35.3. The van der Waals surface area contributed by atoms with Gasteiger partial charge in [0.25, 0.3) is 5.56 Å². The van der Waals surface area contributed by atoms with Crippen molar-refractivity contribution < 1.29 is 9.18 Å². The van der Waals surface area contributed by atoms with Gasteiger partial charge in [0.2, 0.25) is 0 Å². The van der Waals surface area contributed by atoms with Crippen LogP contribution >= 0.6 is 11.6 Å². The maximum Gasteiger partial charge on any atom is 0.331 e. The quantitative estimate of drug-likeness (QED) is 0.809. The van der Waals surface area contributed by atoms with Crippen LogP contribution in [0.4, 0.5) is 4.39 Å². The third kappa shape index (κ3) is 2.80. The van der Waals surface area contributed by atoms with Crippen LogP contribution in [-0.2, 0) is 13.6 Å². The monoisotopic (exact) mass is 310 g/mol. The van der Waals surface area contributed by atoms with E-state index in [1.807, 2.05) is 0 Å². The van der Waals surface area contributed by atoms with Gasteiger partial charge >= 0.3 is 5.69 Å². The molecular formula is C14H12ClFN2O3. The highest BCUT2D eigenvalue weighted by molar-refractivity contribution is 6.31. The van der Waals surface area contributed by atoms with Crippen LogP contribution in [0.1, 0.15) is 22.8 Å². The molecule has 21 heavy (non-hydrogen) atoms. The lowest BCUT2D eigenvalue weighted by Gasteiger charge is -2.11. The van der Waals surface area contributed by atoms with Crippen molar-refractivity contribution >= 4 is 17.4 Å². The summed E-state index contributed by atoms with van der Waals surface area (Å²) in [5.74, 6) is -1.03. The number of nitrogens with zero attached hydrogens (tertiary/aromatic N) is 2. The normalized spacial score (nSPS) is 10.7. The molecule has 5 nitrogen and oxygen atoms in total. The maximum absolute atomic E-state index is 13.8. The molecule has 0 aliphatic rings. The summed E-state index contributed by atoms with van der Waals surface area (Å²) in [6.07, 6.45) is 1.13. The van der Waals surface area contributed by atoms with Crippen molar-refractivity contribution in [3.8, 4) is 0 Å². The summed E-state index contributed by atoms with van der Waals surface area (Å²) >= 11 is 5.91. The largest absolute Gasteiger partial charge is 0.331 e. The molecule has 0 unspecified atom stereocenters. The smallest absolute Gasteiger partial charge is 0.295 e. The average Bonchev–Trinajstić information content (AvgIpc) is 2.42. The molecule has 0 aliphatic heterocycles. The Morgan fingerprint density at radius 1 is 1.33 bits per heavy atom. The Labute approximate surface area is 124 Å². The molecule has 0 spiro atoms. The van der Waals surface area contributed by atoms with E-state index in [0.717, 1.165) is 15.3 Å². The number of ketones is 1. The molecule has 110 valence electrons. The number of hydrogen-bond acceptors (Lipinski definition) is 3. The summed E-state index contributed by atoms with van der Waals surface area (Å²) in [6, 6.07) is 4.17. The number of halogens is 2. The van der Waals surface area contributed by atoms with Gasteiger partial charge in [0, 0.05) is 23.8 Å².